The molecule has 1 amide bonds. The van der Waals surface area contributed by atoms with Crippen LogP contribution in [0.2, 0.25) is 0 Å². The van der Waals surface area contributed by atoms with Crippen LogP contribution in [0, 0.1) is 5.82 Å². The maximum absolute atomic E-state index is 13.2. The van der Waals surface area contributed by atoms with Gasteiger partial charge in [0.15, 0.2) is 0 Å². The Morgan fingerprint density at radius 2 is 2.15 bits per heavy atom. The standard InChI is InChI=1S/C20H26FN3O2/c1-3-5-16-13-19(26-23-16)20(25)22-17-6-4-11-24(2)18(17)12-14-7-9-15(21)10-8-14/h7-10,13,17-18H,3-6,11-12H2,1-2H3,(H,22,25)/t17-,18-/m0/s1. The zero-order chi connectivity index (χ0) is 18.5. The summed E-state index contributed by atoms with van der Waals surface area (Å²) < 4.78 is 18.3. The molecule has 26 heavy (non-hydrogen) atoms. The lowest BCUT2D eigenvalue weighted by molar-refractivity contribution is 0.0816. The molecule has 6 heteroatoms. The highest BCUT2D eigenvalue weighted by molar-refractivity contribution is 5.91. The van der Waals surface area contributed by atoms with Crippen molar-refractivity contribution in [3.05, 3.63) is 53.2 Å². The number of carbonyl (C=O) groups is 1. The van der Waals surface area contributed by atoms with Crippen molar-refractivity contribution in [1.82, 2.24) is 15.4 Å². The molecular weight excluding hydrogens is 333 g/mol. The number of aryl methyl sites for hydroxylation is 1. The van der Waals surface area contributed by atoms with Gasteiger partial charge in [0.2, 0.25) is 5.76 Å². The van der Waals surface area contributed by atoms with E-state index >= 15 is 0 Å². The van der Waals surface area contributed by atoms with Crippen LogP contribution < -0.4 is 5.32 Å². The maximum atomic E-state index is 13.2. The summed E-state index contributed by atoms with van der Waals surface area (Å²) in [5, 5.41) is 7.06. The molecule has 2 atom stereocenters. The number of rotatable bonds is 6. The van der Waals surface area contributed by atoms with E-state index < -0.39 is 0 Å². The van der Waals surface area contributed by atoms with Gasteiger partial charge in [-0.15, -0.1) is 0 Å². The van der Waals surface area contributed by atoms with E-state index in [1.54, 1.807) is 6.07 Å². The fourth-order valence-electron chi connectivity index (χ4n) is 3.59. The Balaban J connectivity index is 1.68. The van der Waals surface area contributed by atoms with Crippen molar-refractivity contribution in [3.63, 3.8) is 0 Å². The Morgan fingerprint density at radius 3 is 2.88 bits per heavy atom. The summed E-state index contributed by atoms with van der Waals surface area (Å²) in [5.74, 6) is -0.185. The van der Waals surface area contributed by atoms with E-state index in [4.69, 9.17) is 4.52 Å². The van der Waals surface area contributed by atoms with Crippen molar-refractivity contribution >= 4 is 5.91 Å². The molecule has 0 saturated carbocycles. The summed E-state index contributed by atoms with van der Waals surface area (Å²) in [6.45, 7) is 3.05. The van der Waals surface area contributed by atoms with Gasteiger partial charge in [-0.2, -0.15) is 0 Å². The Kier molecular flexibility index (Phi) is 6.04. The summed E-state index contributed by atoms with van der Waals surface area (Å²) in [5.41, 5.74) is 1.87. The van der Waals surface area contributed by atoms with E-state index in [-0.39, 0.29) is 29.6 Å². The highest BCUT2D eigenvalue weighted by atomic mass is 19.1. The van der Waals surface area contributed by atoms with Gasteiger partial charge in [-0.25, -0.2) is 4.39 Å². The molecule has 1 fully saturated rings. The summed E-state index contributed by atoms with van der Waals surface area (Å²) in [4.78, 5) is 14.8. The molecule has 1 aromatic carbocycles. The molecule has 2 heterocycles. The van der Waals surface area contributed by atoms with Gasteiger partial charge in [0.25, 0.3) is 5.91 Å². The molecule has 2 aromatic rings. The first-order valence-electron chi connectivity index (χ1n) is 9.28. The van der Waals surface area contributed by atoms with Crippen molar-refractivity contribution in [1.29, 1.82) is 0 Å². The van der Waals surface area contributed by atoms with E-state index in [2.05, 4.69) is 29.3 Å². The third kappa shape index (κ3) is 4.49. The first-order chi connectivity index (χ1) is 12.6. The SMILES string of the molecule is CCCc1cc(C(=O)N[C@H]2CCCN(C)[C@H]2Cc2ccc(F)cc2)on1. The lowest BCUT2D eigenvalue weighted by atomic mass is 9.91. The van der Waals surface area contributed by atoms with Gasteiger partial charge < -0.3 is 14.7 Å². The van der Waals surface area contributed by atoms with Crippen LogP contribution in [0.4, 0.5) is 4.39 Å². The number of nitrogens with zero attached hydrogens (tertiary/aromatic N) is 2. The van der Waals surface area contributed by atoms with Crippen LogP contribution in [-0.4, -0.2) is 41.6 Å². The second-order valence-electron chi connectivity index (χ2n) is 7.03. The minimum Gasteiger partial charge on any atom is -0.351 e. The number of aromatic nitrogens is 1. The normalized spacial score (nSPS) is 20.9. The van der Waals surface area contributed by atoms with Gasteiger partial charge in [-0.1, -0.05) is 30.6 Å². The van der Waals surface area contributed by atoms with E-state index in [9.17, 15) is 9.18 Å². The number of carbonyl (C=O) groups excluding carboxylic acids is 1. The summed E-state index contributed by atoms with van der Waals surface area (Å²) >= 11 is 0. The number of hydrogen-bond donors (Lipinski definition) is 1. The Morgan fingerprint density at radius 1 is 1.38 bits per heavy atom. The van der Waals surface area contributed by atoms with Crippen LogP contribution in [0.5, 0.6) is 0 Å². The third-order valence-corrected chi connectivity index (χ3v) is 5.02. The number of halogens is 1. The molecule has 1 saturated heterocycles. The van der Waals surface area contributed by atoms with E-state index in [1.807, 2.05) is 12.1 Å². The maximum Gasteiger partial charge on any atom is 0.290 e. The van der Waals surface area contributed by atoms with E-state index in [1.165, 1.54) is 12.1 Å². The highest BCUT2D eigenvalue weighted by Crippen LogP contribution is 2.21. The topological polar surface area (TPSA) is 58.4 Å². The summed E-state index contributed by atoms with van der Waals surface area (Å²) in [7, 11) is 2.07. The summed E-state index contributed by atoms with van der Waals surface area (Å²) in [6.07, 6.45) is 4.47. The lowest BCUT2D eigenvalue weighted by Crippen LogP contribution is -2.54. The average molecular weight is 359 g/mol. The van der Waals surface area contributed by atoms with E-state index in [0.29, 0.717) is 0 Å². The molecule has 1 aromatic heterocycles. The zero-order valence-electron chi connectivity index (χ0n) is 15.4. The first kappa shape index (κ1) is 18.6. The van der Waals surface area contributed by atoms with Crippen molar-refractivity contribution in [2.75, 3.05) is 13.6 Å². The largest absolute Gasteiger partial charge is 0.351 e. The van der Waals surface area contributed by atoms with E-state index in [0.717, 1.165) is 49.9 Å². The average Bonchev–Trinajstić information content (AvgIpc) is 3.09. The van der Waals surface area contributed by atoms with Crippen LogP contribution >= 0.6 is 0 Å². The minimum absolute atomic E-state index is 0.0195. The molecule has 0 bridgehead atoms. The molecule has 1 N–H and O–H groups in total. The Labute approximate surface area is 153 Å². The molecule has 1 aliphatic rings. The number of hydrogen-bond acceptors (Lipinski definition) is 4. The van der Waals surface area contributed by atoms with Crippen molar-refractivity contribution < 1.29 is 13.7 Å². The van der Waals surface area contributed by atoms with Crippen LogP contribution in [-0.2, 0) is 12.8 Å². The zero-order valence-corrected chi connectivity index (χ0v) is 15.4. The van der Waals surface area contributed by atoms with Crippen molar-refractivity contribution in [3.8, 4) is 0 Å². The van der Waals surface area contributed by atoms with Gasteiger partial charge in [0, 0.05) is 18.2 Å². The molecule has 140 valence electrons. The van der Waals surface area contributed by atoms with Crippen LogP contribution in [0.3, 0.4) is 0 Å². The van der Waals surface area contributed by atoms with Crippen LogP contribution in [0.25, 0.3) is 0 Å². The monoisotopic (exact) mass is 359 g/mol. The van der Waals surface area contributed by atoms with Crippen LogP contribution in [0.1, 0.15) is 48.0 Å². The molecule has 0 spiro atoms. The van der Waals surface area contributed by atoms with Gasteiger partial charge in [0.05, 0.1) is 5.69 Å². The molecule has 5 nitrogen and oxygen atoms in total. The number of piperidine rings is 1. The number of amides is 1. The smallest absolute Gasteiger partial charge is 0.290 e. The Hall–Kier alpha value is -2.21. The Bertz CT molecular complexity index is 729. The highest BCUT2D eigenvalue weighted by Gasteiger charge is 2.31. The number of likely N-dealkylation sites (N-methyl/N-ethyl adjacent to an activating group) is 1. The van der Waals surface area contributed by atoms with Crippen molar-refractivity contribution in [2.45, 2.75) is 51.1 Å². The molecule has 0 unspecified atom stereocenters. The van der Waals surface area contributed by atoms with Gasteiger partial charge in [-0.3, -0.25) is 4.79 Å². The second kappa shape index (κ2) is 8.45. The predicted molar refractivity (Wildman–Crippen MR) is 97.5 cm³/mol. The first-order valence-corrected chi connectivity index (χ1v) is 9.28. The fourth-order valence-corrected chi connectivity index (χ4v) is 3.59. The molecular formula is C20H26FN3O2. The van der Waals surface area contributed by atoms with Gasteiger partial charge in [-0.05, 0) is 57.0 Å². The quantitative estimate of drug-likeness (QED) is 0.860. The number of benzene rings is 1. The van der Waals surface area contributed by atoms with Crippen LogP contribution in [0.15, 0.2) is 34.9 Å². The molecule has 1 aliphatic heterocycles. The predicted octanol–water partition coefficient (Wildman–Crippen LogP) is 3.20. The third-order valence-electron chi connectivity index (χ3n) is 5.02. The fraction of sp³-hybridized carbons (Fsp3) is 0.500. The second-order valence-corrected chi connectivity index (χ2v) is 7.03. The number of likely N-dealkylation sites (tertiary alicyclic amines) is 1. The lowest BCUT2D eigenvalue weighted by Gasteiger charge is -2.39. The van der Waals surface area contributed by atoms with Gasteiger partial charge in [0.1, 0.15) is 5.82 Å². The molecule has 0 radical (unpaired) electrons. The molecule has 3 rings (SSSR count). The molecule has 0 aliphatic carbocycles. The minimum atomic E-state index is -0.233. The summed E-state index contributed by atoms with van der Waals surface area (Å²) in [6, 6.07) is 8.49. The van der Waals surface area contributed by atoms with Crippen molar-refractivity contribution in [2.24, 2.45) is 0 Å². The number of nitrogens with one attached hydrogen (secondary N) is 1. The van der Waals surface area contributed by atoms with Gasteiger partial charge >= 0.3 is 0 Å².